The number of aryl methyl sites for hydroxylation is 1. The summed E-state index contributed by atoms with van der Waals surface area (Å²) >= 11 is 0. The summed E-state index contributed by atoms with van der Waals surface area (Å²) in [5.74, 6) is 0.438. The van der Waals surface area contributed by atoms with Crippen LogP contribution < -0.4 is 15.2 Å². The second-order valence-electron chi connectivity index (χ2n) is 7.08. The van der Waals surface area contributed by atoms with Gasteiger partial charge in [0.25, 0.3) is 0 Å². The van der Waals surface area contributed by atoms with Gasteiger partial charge in [-0.25, -0.2) is 14.4 Å². The van der Waals surface area contributed by atoms with Gasteiger partial charge in [0.2, 0.25) is 5.95 Å². The molecule has 2 heterocycles. The molecule has 4 rings (SSSR count). The van der Waals surface area contributed by atoms with Crippen molar-refractivity contribution in [3.8, 4) is 11.5 Å². The third-order valence-corrected chi connectivity index (χ3v) is 4.85. The number of ether oxygens (including phenoxy) is 2. The molecule has 0 aliphatic heterocycles. The number of anilines is 1. The van der Waals surface area contributed by atoms with Crippen LogP contribution in [0.2, 0.25) is 0 Å². The van der Waals surface area contributed by atoms with Gasteiger partial charge in [0.1, 0.15) is 35.1 Å². The summed E-state index contributed by atoms with van der Waals surface area (Å²) in [4.78, 5) is 25.8. The van der Waals surface area contributed by atoms with E-state index in [1.807, 2.05) is 18.2 Å². The molecule has 8 heteroatoms. The highest BCUT2D eigenvalue weighted by Gasteiger charge is 2.17. The molecule has 0 aliphatic carbocycles. The van der Waals surface area contributed by atoms with Crippen LogP contribution in [-0.2, 0) is 13.0 Å². The number of nitrogens with zero attached hydrogens (tertiary/aromatic N) is 3. The lowest BCUT2D eigenvalue weighted by Gasteiger charge is -2.09. The van der Waals surface area contributed by atoms with Crippen LogP contribution in [-0.4, -0.2) is 27.8 Å². The summed E-state index contributed by atoms with van der Waals surface area (Å²) in [5.41, 5.74) is 8.01. The molecule has 0 unspecified atom stereocenters. The van der Waals surface area contributed by atoms with E-state index < -0.39 is 0 Å². The van der Waals surface area contributed by atoms with Crippen LogP contribution in [0.25, 0.3) is 10.9 Å². The first-order chi connectivity index (χ1) is 15.5. The summed E-state index contributed by atoms with van der Waals surface area (Å²) in [6, 6.07) is 16.7. The highest BCUT2D eigenvalue weighted by molar-refractivity contribution is 6.07. The first-order valence-electron chi connectivity index (χ1n) is 10.00. The molecule has 0 bridgehead atoms. The lowest BCUT2D eigenvalue weighted by atomic mass is 10.1. The molecule has 0 aliphatic rings. The molecule has 0 amide bonds. The molecule has 0 spiro atoms. The number of methoxy groups -OCH3 is 1. The molecule has 0 saturated carbocycles. The van der Waals surface area contributed by atoms with Crippen LogP contribution >= 0.6 is 0 Å². The number of hydrogen-bond acceptors (Lipinski definition) is 7. The van der Waals surface area contributed by atoms with Gasteiger partial charge in [0, 0.05) is 23.6 Å². The maximum Gasteiger partial charge on any atom is 0.221 e. The molecule has 162 valence electrons. The number of nitrogen functional groups attached to an aromatic ring is 1. The van der Waals surface area contributed by atoms with Crippen molar-refractivity contribution in [3.63, 3.8) is 0 Å². The second kappa shape index (κ2) is 9.38. The summed E-state index contributed by atoms with van der Waals surface area (Å²) in [5, 5.41) is 0.591. The van der Waals surface area contributed by atoms with Crippen molar-refractivity contribution in [1.29, 1.82) is 0 Å². The lowest BCUT2D eigenvalue weighted by molar-refractivity contribution is 0.0979. The molecule has 2 aromatic heterocycles. The summed E-state index contributed by atoms with van der Waals surface area (Å²) in [6.07, 6.45) is 0.617. The van der Waals surface area contributed by atoms with Gasteiger partial charge in [-0.3, -0.25) is 9.78 Å². The first-order valence-corrected chi connectivity index (χ1v) is 10.00. The number of ketones is 1. The zero-order chi connectivity index (χ0) is 22.5. The molecule has 4 aromatic rings. The zero-order valence-electron chi connectivity index (χ0n) is 17.4. The topological polar surface area (TPSA) is 100 Å². The number of benzene rings is 2. The number of halogens is 1. The number of pyridine rings is 1. The van der Waals surface area contributed by atoms with Gasteiger partial charge < -0.3 is 15.2 Å². The predicted molar refractivity (Wildman–Crippen MR) is 118 cm³/mol. The number of hydrogen-bond donors (Lipinski definition) is 1. The van der Waals surface area contributed by atoms with E-state index in [2.05, 4.69) is 15.0 Å². The van der Waals surface area contributed by atoms with Crippen molar-refractivity contribution in [1.82, 2.24) is 15.0 Å². The van der Waals surface area contributed by atoms with Gasteiger partial charge >= 0.3 is 0 Å². The minimum absolute atomic E-state index is 0.0139. The Morgan fingerprint density at radius 3 is 2.59 bits per heavy atom. The van der Waals surface area contributed by atoms with Gasteiger partial charge in [-0.1, -0.05) is 24.3 Å². The van der Waals surface area contributed by atoms with E-state index in [4.69, 9.17) is 15.2 Å². The van der Waals surface area contributed by atoms with Crippen LogP contribution in [0.1, 0.15) is 28.3 Å². The van der Waals surface area contributed by atoms with E-state index in [1.54, 1.807) is 30.3 Å². The fraction of sp³-hybridized carbons (Fsp3) is 0.167. The van der Waals surface area contributed by atoms with Crippen molar-refractivity contribution in [2.45, 2.75) is 19.4 Å². The number of nitrogens with two attached hydrogens (primary N) is 1. The summed E-state index contributed by atoms with van der Waals surface area (Å²) < 4.78 is 24.2. The molecule has 0 radical (unpaired) electrons. The third-order valence-electron chi connectivity index (χ3n) is 4.85. The number of carbonyl (C=O) groups is 1. The summed E-state index contributed by atoms with van der Waals surface area (Å²) in [7, 11) is 1.53. The Kier molecular flexibility index (Phi) is 6.21. The number of fused-ring (bicyclic) bond motifs is 1. The number of Topliss-reactive ketones (excluding diaryl/α,β-unsaturated/α-hetero) is 1. The molecule has 7 nitrogen and oxygen atoms in total. The fourth-order valence-electron chi connectivity index (χ4n) is 3.34. The van der Waals surface area contributed by atoms with Crippen molar-refractivity contribution >= 4 is 22.6 Å². The van der Waals surface area contributed by atoms with Crippen molar-refractivity contribution in [2.75, 3.05) is 12.8 Å². The minimum atomic E-state index is -0.363. The number of rotatable bonds is 8. The van der Waals surface area contributed by atoms with E-state index in [0.29, 0.717) is 34.5 Å². The molecule has 0 atom stereocenters. The lowest BCUT2D eigenvalue weighted by Crippen LogP contribution is -2.09. The van der Waals surface area contributed by atoms with Crippen LogP contribution in [0.3, 0.4) is 0 Å². The van der Waals surface area contributed by atoms with Gasteiger partial charge in [0.15, 0.2) is 5.78 Å². The standard InChI is InChI=1S/C24H21FN4O3/c1-31-21-10-4-9-19-22(28-24(26)29-23(19)21)20(30)12-11-16-6-3-7-17(27-16)14-32-18-8-2-5-15(25)13-18/h2-10,13H,11-12,14H2,1H3,(H2,26,28,29). The van der Waals surface area contributed by atoms with Gasteiger partial charge in [-0.2, -0.15) is 0 Å². The van der Waals surface area contributed by atoms with E-state index in [1.165, 1.54) is 19.2 Å². The van der Waals surface area contributed by atoms with E-state index in [-0.39, 0.29) is 36.3 Å². The normalized spacial score (nSPS) is 10.8. The smallest absolute Gasteiger partial charge is 0.221 e. The van der Waals surface area contributed by atoms with Gasteiger partial charge in [-0.05, 0) is 36.8 Å². The fourth-order valence-corrected chi connectivity index (χ4v) is 3.34. The SMILES string of the molecule is COc1cccc2c(C(=O)CCc3cccc(COc4cccc(F)c4)n3)nc(N)nc12. The van der Waals surface area contributed by atoms with Crippen LogP contribution in [0.4, 0.5) is 10.3 Å². The highest BCUT2D eigenvalue weighted by atomic mass is 19.1. The molecule has 32 heavy (non-hydrogen) atoms. The van der Waals surface area contributed by atoms with Crippen molar-refractivity contribution in [2.24, 2.45) is 0 Å². The molecule has 0 saturated heterocycles. The van der Waals surface area contributed by atoms with E-state index in [9.17, 15) is 9.18 Å². The van der Waals surface area contributed by atoms with Gasteiger partial charge in [-0.15, -0.1) is 0 Å². The molecular weight excluding hydrogens is 411 g/mol. The Hall–Kier alpha value is -4.07. The Morgan fingerprint density at radius 1 is 1.00 bits per heavy atom. The predicted octanol–water partition coefficient (Wildman–Crippen LogP) is 4.15. The number of aromatic nitrogens is 3. The zero-order valence-corrected chi connectivity index (χ0v) is 17.4. The molecule has 2 N–H and O–H groups in total. The first kappa shape index (κ1) is 21.2. The van der Waals surface area contributed by atoms with Crippen LogP contribution in [0.5, 0.6) is 11.5 Å². The Balaban J connectivity index is 1.46. The second-order valence-corrected chi connectivity index (χ2v) is 7.08. The number of para-hydroxylation sites is 1. The molecule has 2 aromatic carbocycles. The third kappa shape index (κ3) is 4.80. The quantitative estimate of drug-likeness (QED) is 0.418. The maximum absolute atomic E-state index is 13.3. The molecular formula is C24H21FN4O3. The Morgan fingerprint density at radius 2 is 1.78 bits per heavy atom. The van der Waals surface area contributed by atoms with Crippen molar-refractivity contribution < 1.29 is 18.7 Å². The monoisotopic (exact) mass is 432 g/mol. The van der Waals surface area contributed by atoms with E-state index >= 15 is 0 Å². The van der Waals surface area contributed by atoms with Crippen LogP contribution in [0, 0.1) is 5.82 Å². The molecule has 0 fully saturated rings. The Bertz CT molecular complexity index is 1280. The minimum Gasteiger partial charge on any atom is -0.494 e. The largest absolute Gasteiger partial charge is 0.494 e. The van der Waals surface area contributed by atoms with E-state index in [0.717, 1.165) is 5.69 Å². The maximum atomic E-state index is 13.3. The van der Waals surface area contributed by atoms with Gasteiger partial charge in [0.05, 0.1) is 12.8 Å². The average Bonchev–Trinajstić information content (AvgIpc) is 2.80. The Labute approximate surface area is 184 Å². The average molecular weight is 432 g/mol. The van der Waals surface area contributed by atoms with Crippen molar-refractivity contribution in [3.05, 3.63) is 83.6 Å². The van der Waals surface area contributed by atoms with Crippen LogP contribution in [0.15, 0.2) is 60.7 Å². The summed E-state index contributed by atoms with van der Waals surface area (Å²) in [6.45, 7) is 0.193. The number of carbonyl (C=O) groups excluding carboxylic acids is 1. The highest BCUT2D eigenvalue weighted by Crippen LogP contribution is 2.27.